The SMILES string of the molecule is Cc1nc(N)sc1C(=O)N1CCC2C(CCCN2C)C1. The van der Waals surface area contributed by atoms with Crippen molar-refractivity contribution in [3.63, 3.8) is 0 Å². The van der Waals surface area contributed by atoms with Crippen molar-refractivity contribution in [2.75, 3.05) is 32.4 Å². The van der Waals surface area contributed by atoms with Crippen LogP contribution in [0.1, 0.15) is 34.6 Å². The molecule has 5 nitrogen and oxygen atoms in total. The van der Waals surface area contributed by atoms with Gasteiger partial charge >= 0.3 is 0 Å². The largest absolute Gasteiger partial charge is 0.375 e. The average Bonchev–Trinajstić information content (AvgIpc) is 2.77. The minimum atomic E-state index is 0.114. The van der Waals surface area contributed by atoms with E-state index >= 15 is 0 Å². The van der Waals surface area contributed by atoms with Gasteiger partial charge in [0.1, 0.15) is 4.88 Å². The van der Waals surface area contributed by atoms with E-state index in [4.69, 9.17) is 5.73 Å². The quantitative estimate of drug-likeness (QED) is 0.854. The van der Waals surface area contributed by atoms with E-state index in [1.807, 2.05) is 11.8 Å². The van der Waals surface area contributed by atoms with Gasteiger partial charge in [-0.3, -0.25) is 4.79 Å². The summed E-state index contributed by atoms with van der Waals surface area (Å²) in [5.41, 5.74) is 6.47. The Labute approximate surface area is 123 Å². The van der Waals surface area contributed by atoms with Crippen molar-refractivity contribution in [3.8, 4) is 0 Å². The van der Waals surface area contributed by atoms with Crippen LogP contribution < -0.4 is 5.73 Å². The van der Waals surface area contributed by atoms with E-state index in [2.05, 4.69) is 16.9 Å². The molecule has 0 aliphatic carbocycles. The van der Waals surface area contributed by atoms with Gasteiger partial charge in [-0.05, 0) is 45.7 Å². The van der Waals surface area contributed by atoms with E-state index in [0.29, 0.717) is 22.0 Å². The summed E-state index contributed by atoms with van der Waals surface area (Å²) in [6.07, 6.45) is 3.56. The van der Waals surface area contributed by atoms with Crippen LogP contribution in [0.4, 0.5) is 5.13 Å². The molecule has 2 atom stereocenters. The Bertz CT molecular complexity index is 515. The molecule has 2 unspecified atom stereocenters. The van der Waals surface area contributed by atoms with Crippen molar-refractivity contribution in [2.45, 2.75) is 32.2 Å². The molecule has 2 N–H and O–H groups in total. The highest BCUT2D eigenvalue weighted by Crippen LogP contribution is 2.31. The Morgan fingerprint density at radius 2 is 2.20 bits per heavy atom. The van der Waals surface area contributed by atoms with Crippen molar-refractivity contribution in [2.24, 2.45) is 5.92 Å². The Morgan fingerprint density at radius 3 is 2.90 bits per heavy atom. The number of anilines is 1. The summed E-state index contributed by atoms with van der Waals surface area (Å²) in [4.78, 5) is 22.0. The predicted octanol–water partition coefficient (Wildman–Crippen LogP) is 1.59. The van der Waals surface area contributed by atoms with Gasteiger partial charge in [-0.15, -0.1) is 0 Å². The normalized spacial score (nSPS) is 27.4. The fraction of sp³-hybridized carbons (Fsp3) is 0.714. The first-order chi connectivity index (χ1) is 9.56. The molecule has 0 spiro atoms. The minimum Gasteiger partial charge on any atom is -0.375 e. The first kappa shape index (κ1) is 13.8. The summed E-state index contributed by atoms with van der Waals surface area (Å²) in [6.45, 7) is 4.79. The standard InChI is InChI=1S/C14H22N4OS/c1-9-12(20-14(15)16-9)13(19)18-7-5-11-10(8-18)4-3-6-17(11)2/h10-11H,3-8H2,1-2H3,(H2,15,16). The zero-order valence-corrected chi connectivity index (χ0v) is 12.9. The molecule has 1 aromatic heterocycles. The summed E-state index contributed by atoms with van der Waals surface area (Å²) in [6, 6.07) is 0.653. The molecular weight excluding hydrogens is 272 g/mol. The maximum absolute atomic E-state index is 12.6. The third-order valence-electron chi connectivity index (χ3n) is 4.64. The molecule has 3 heterocycles. The van der Waals surface area contributed by atoms with Gasteiger partial charge in [0, 0.05) is 19.1 Å². The van der Waals surface area contributed by atoms with Gasteiger partial charge in [0.2, 0.25) is 0 Å². The average molecular weight is 294 g/mol. The number of piperidine rings is 2. The van der Waals surface area contributed by atoms with E-state index in [9.17, 15) is 4.79 Å². The summed E-state index contributed by atoms with van der Waals surface area (Å²) < 4.78 is 0. The smallest absolute Gasteiger partial charge is 0.265 e. The fourth-order valence-electron chi connectivity index (χ4n) is 3.60. The third-order valence-corrected chi connectivity index (χ3v) is 5.61. The maximum atomic E-state index is 12.6. The summed E-state index contributed by atoms with van der Waals surface area (Å²) in [7, 11) is 2.21. The molecule has 3 rings (SSSR count). The van der Waals surface area contributed by atoms with E-state index < -0.39 is 0 Å². The van der Waals surface area contributed by atoms with Gasteiger partial charge in [-0.25, -0.2) is 4.98 Å². The maximum Gasteiger partial charge on any atom is 0.265 e. The monoisotopic (exact) mass is 294 g/mol. The number of likely N-dealkylation sites (tertiary alicyclic amines) is 2. The number of hydrogen-bond acceptors (Lipinski definition) is 5. The first-order valence-corrected chi connectivity index (χ1v) is 8.10. The second kappa shape index (κ2) is 5.33. The van der Waals surface area contributed by atoms with Crippen LogP contribution in [0.5, 0.6) is 0 Å². The highest BCUT2D eigenvalue weighted by Gasteiger charge is 2.36. The fourth-order valence-corrected chi connectivity index (χ4v) is 4.40. The van der Waals surface area contributed by atoms with Crippen LogP contribution in [0.2, 0.25) is 0 Å². The Balaban J connectivity index is 1.73. The zero-order chi connectivity index (χ0) is 14.3. The predicted molar refractivity (Wildman–Crippen MR) is 80.9 cm³/mol. The van der Waals surface area contributed by atoms with Crippen LogP contribution in [0.15, 0.2) is 0 Å². The van der Waals surface area contributed by atoms with E-state index in [-0.39, 0.29) is 5.91 Å². The van der Waals surface area contributed by atoms with Gasteiger partial charge in [0.15, 0.2) is 5.13 Å². The Kier molecular flexibility index (Phi) is 3.69. The first-order valence-electron chi connectivity index (χ1n) is 7.28. The van der Waals surface area contributed by atoms with Gasteiger partial charge in [-0.1, -0.05) is 11.3 Å². The number of aromatic nitrogens is 1. The van der Waals surface area contributed by atoms with Crippen molar-refractivity contribution in [1.29, 1.82) is 0 Å². The molecule has 2 aliphatic heterocycles. The van der Waals surface area contributed by atoms with E-state index in [1.165, 1.54) is 30.7 Å². The molecule has 0 bridgehead atoms. The lowest BCUT2D eigenvalue weighted by molar-refractivity contribution is 0.0319. The van der Waals surface area contributed by atoms with Crippen LogP contribution in [0, 0.1) is 12.8 Å². The summed E-state index contributed by atoms with van der Waals surface area (Å²) in [5.74, 6) is 0.736. The molecule has 0 aromatic carbocycles. The lowest BCUT2D eigenvalue weighted by atomic mass is 9.84. The van der Waals surface area contributed by atoms with E-state index in [1.54, 1.807) is 0 Å². The molecule has 2 aliphatic rings. The molecular formula is C14H22N4OS. The number of aryl methyl sites for hydroxylation is 1. The molecule has 0 radical (unpaired) electrons. The third kappa shape index (κ3) is 2.42. The number of carbonyl (C=O) groups excluding carboxylic acids is 1. The Hall–Kier alpha value is -1.14. The van der Waals surface area contributed by atoms with E-state index in [0.717, 1.165) is 25.2 Å². The lowest BCUT2D eigenvalue weighted by Crippen LogP contribution is -2.53. The number of nitrogen functional groups attached to an aromatic ring is 1. The number of nitrogens with zero attached hydrogens (tertiary/aromatic N) is 3. The second-order valence-electron chi connectivity index (χ2n) is 5.96. The van der Waals surface area contributed by atoms with Crippen LogP contribution >= 0.6 is 11.3 Å². The van der Waals surface area contributed by atoms with Crippen LogP contribution in [-0.2, 0) is 0 Å². The summed E-state index contributed by atoms with van der Waals surface area (Å²) >= 11 is 1.31. The molecule has 2 fully saturated rings. The highest BCUT2D eigenvalue weighted by atomic mass is 32.1. The molecule has 110 valence electrons. The number of fused-ring (bicyclic) bond motifs is 1. The molecule has 20 heavy (non-hydrogen) atoms. The highest BCUT2D eigenvalue weighted by molar-refractivity contribution is 7.17. The molecule has 0 saturated carbocycles. The molecule has 2 saturated heterocycles. The van der Waals surface area contributed by atoms with Crippen molar-refractivity contribution >= 4 is 22.4 Å². The van der Waals surface area contributed by atoms with Crippen LogP contribution in [-0.4, -0.2) is 53.4 Å². The number of carbonyl (C=O) groups is 1. The number of rotatable bonds is 1. The topological polar surface area (TPSA) is 62.5 Å². The number of amides is 1. The van der Waals surface area contributed by atoms with Gasteiger partial charge in [0.05, 0.1) is 5.69 Å². The van der Waals surface area contributed by atoms with Crippen LogP contribution in [0.3, 0.4) is 0 Å². The van der Waals surface area contributed by atoms with Gasteiger partial charge in [-0.2, -0.15) is 0 Å². The Morgan fingerprint density at radius 1 is 1.40 bits per heavy atom. The number of hydrogen-bond donors (Lipinski definition) is 1. The van der Waals surface area contributed by atoms with Crippen molar-refractivity contribution in [1.82, 2.24) is 14.8 Å². The second-order valence-corrected chi connectivity index (χ2v) is 6.99. The zero-order valence-electron chi connectivity index (χ0n) is 12.1. The van der Waals surface area contributed by atoms with Crippen molar-refractivity contribution in [3.05, 3.63) is 10.6 Å². The number of nitrogens with two attached hydrogens (primary N) is 1. The molecule has 1 aromatic rings. The molecule has 6 heteroatoms. The molecule has 1 amide bonds. The van der Waals surface area contributed by atoms with Crippen LogP contribution in [0.25, 0.3) is 0 Å². The van der Waals surface area contributed by atoms with Gasteiger partial charge in [0.25, 0.3) is 5.91 Å². The van der Waals surface area contributed by atoms with Gasteiger partial charge < -0.3 is 15.5 Å². The summed E-state index contributed by atoms with van der Waals surface area (Å²) in [5, 5.41) is 0.484. The number of thiazole rings is 1. The van der Waals surface area contributed by atoms with Crippen molar-refractivity contribution < 1.29 is 4.79 Å². The lowest BCUT2D eigenvalue weighted by Gasteiger charge is -2.45. The minimum absolute atomic E-state index is 0.114.